The van der Waals surface area contributed by atoms with Crippen LogP contribution in [0, 0.1) is 0 Å². The van der Waals surface area contributed by atoms with E-state index < -0.39 is 59.1 Å². The Morgan fingerprint density at radius 3 is 2.22 bits per heavy atom. The van der Waals surface area contributed by atoms with Gasteiger partial charge in [-0.25, -0.2) is 4.79 Å². The Labute approximate surface area is 181 Å². The molecule has 1 unspecified atom stereocenters. The molecule has 0 bridgehead atoms. The molecule has 32 heavy (non-hydrogen) atoms. The molecule has 1 saturated heterocycles. The van der Waals surface area contributed by atoms with E-state index in [-0.39, 0.29) is 9.92 Å². The van der Waals surface area contributed by atoms with Crippen LogP contribution in [0.4, 0.5) is 36.8 Å². The quantitative estimate of drug-likeness (QED) is 0.507. The average Bonchev–Trinajstić information content (AvgIpc) is 2.95. The highest BCUT2D eigenvalue weighted by atomic mass is 35.5. The van der Waals surface area contributed by atoms with E-state index >= 15 is 0 Å². The van der Waals surface area contributed by atoms with Gasteiger partial charge in [0, 0.05) is 5.02 Å². The third-order valence-electron chi connectivity index (χ3n) is 4.60. The molecule has 2 aromatic rings. The van der Waals surface area contributed by atoms with E-state index in [0.29, 0.717) is 6.07 Å². The highest BCUT2D eigenvalue weighted by Gasteiger charge is 2.68. The number of anilines is 1. The second-order valence-electron chi connectivity index (χ2n) is 6.67. The predicted octanol–water partition coefficient (Wildman–Crippen LogP) is 4.31. The first kappa shape index (κ1) is 23.4. The third-order valence-corrected chi connectivity index (χ3v) is 4.84. The molecule has 1 aliphatic heterocycles. The second kappa shape index (κ2) is 8.01. The first-order valence-electron chi connectivity index (χ1n) is 8.70. The molecule has 1 atom stereocenters. The van der Waals surface area contributed by atoms with Crippen molar-refractivity contribution in [2.45, 2.75) is 17.9 Å². The Bertz CT molecular complexity index is 1070. The summed E-state index contributed by atoms with van der Waals surface area (Å²) in [5.74, 6) is -3.11. The number of carbonyl (C=O) groups is 3. The van der Waals surface area contributed by atoms with Crippen molar-refractivity contribution in [2.24, 2.45) is 0 Å². The highest BCUT2D eigenvalue weighted by Crippen LogP contribution is 2.43. The Morgan fingerprint density at radius 1 is 1.03 bits per heavy atom. The van der Waals surface area contributed by atoms with Crippen LogP contribution in [0.15, 0.2) is 48.5 Å². The summed E-state index contributed by atoms with van der Waals surface area (Å²) in [7, 11) is 0. The minimum absolute atomic E-state index is 0.0149. The van der Waals surface area contributed by atoms with Gasteiger partial charge in [-0.1, -0.05) is 41.9 Å². The molecule has 1 heterocycles. The van der Waals surface area contributed by atoms with Crippen molar-refractivity contribution in [2.75, 3.05) is 11.9 Å². The summed E-state index contributed by atoms with van der Waals surface area (Å²) in [6.45, 7) is -1.25. The Balaban J connectivity index is 1.89. The maximum absolute atomic E-state index is 13.9. The monoisotopic (exact) mass is 479 g/mol. The van der Waals surface area contributed by atoms with E-state index in [9.17, 15) is 40.7 Å². The summed E-state index contributed by atoms with van der Waals surface area (Å²) in [4.78, 5) is 37.1. The molecule has 3 rings (SSSR count). The highest BCUT2D eigenvalue weighted by molar-refractivity contribution is 6.30. The molecular formula is C19H12ClF6N3O3. The summed E-state index contributed by atoms with van der Waals surface area (Å²) in [6.07, 6.45) is -10.2. The molecule has 1 fully saturated rings. The van der Waals surface area contributed by atoms with E-state index in [2.05, 4.69) is 0 Å². The lowest BCUT2D eigenvalue weighted by Gasteiger charge is -2.29. The van der Waals surface area contributed by atoms with Crippen LogP contribution in [0.2, 0.25) is 5.02 Å². The smallest absolute Gasteiger partial charge is 0.324 e. The number of carbonyl (C=O) groups excluding carboxylic acids is 3. The molecule has 0 saturated carbocycles. The van der Waals surface area contributed by atoms with Crippen molar-refractivity contribution < 1.29 is 40.7 Å². The van der Waals surface area contributed by atoms with Crippen molar-refractivity contribution >= 4 is 35.1 Å². The van der Waals surface area contributed by atoms with Crippen LogP contribution in [0.5, 0.6) is 0 Å². The van der Waals surface area contributed by atoms with Gasteiger partial charge in [0.1, 0.15) is 6.54 Å². The maximum atomic E-state index is 13.9. The number of hydrogen-bond acceptors (Lipinski definition) is 3. The van der Waals surface area contributed by atoms with Crippen LogP contribution in [0.3, 0.4) is 0 Å². The molecule has 0 spiro atoms. The van der Waals surface area contributed by atoms with Crippen LogP contribution in [-0.2, 0) is 21.3 Å². The van der Waals surface area contributed by atoms with Gasteiger partial charge in [0.05, 0.1) is 11.3 Å². The fourth-order valence-electron chi connectivity index (χ4n) is 3.15. The largest absolute Gasteiger partial charge is 0.425 e. The lowest BCUT2D eigenvalue weighted by molar-refractivity contribution is -0.198. The fraction of sp³-hybridized carbons (Fsp3) is 0.211. The van der Waals surface area contributed by atoms with Gasteiger partial charge < -0.3 is 10.6 Å². The first-order chi connectivity index (χ1) is 14.8. The third kappa shape index (κ3) is 4.09. The van der Waals surface area contributed by atoms with Gasteiger partial charge in [0.25, 0.3) is 5.91 Å². The molecule has 170 valence electrons. The fourth-order valence-corrected chi connectivity index (χ4v) is 3.32. The summed E-state index contributed by atoms with van der Waals surface area (Å²) < 4.78 is 81.2. The van der Waals surface area contributed by atoms with Crippen molar-refractivity contribution in [1.82, 2.24) is 10.2 Å². The number of halogens is 7. The van der Waals surface area contributed by atoms with Gasteiger partial charge in [-0.2, -0.15) is 26.3 Å². The van der Waals surface area contributed by atoms with E-state index in [1.165, 1.54) is 18.2 Å². The summed E-state index contributed by atoms with van der Waals surface area (Å²) >= 11 is 5.54. The van der Waals surface area contributed by atoms with E-state index in [4.69, 9.17) is 11.6 Å². The maximum Gasteiger partial charge on any atom is 0.425 e. The number of alkyl halides is 6. The number of rotatable bonds is 4. The summed E-state index contributed by atoms with van der Waals surface area (Å²) in [5, 5.41) is 3.14. The number of hydrogen-bond donors (Lipinski definition) is 2. The Morgan fingerprint density at radius 2 is 1.66 bits per heavy atom. The molecule has 0 radical (unpaired) electrons. The van der Waals surface area contributed by atoms with Crippen LogP contribution in [0.25, 0.3) is 0 Å². The lowest BCUT2D eigenvalue weighted by Crippen LogP contribution is -2.56. The normalized spacial score (nSPS) is 19.2. The van der Waals surface area contributed by atoms with Crippen LogP contribution in [-0.4, -0.2) is 35.5 Å². The van der Waals surface area contributed by atoms with Crippen molar-refractivity contribution in [3.8, 4) is 0 Å². The molecule has 1 aliphatic rings. The molecule has 2 N–H and O–H groups in total. The molecule has 6 nitrogen and oxygen atoms in total. The number of amides is 4. The average molecular weight is 480 g/mol. The number of nitrogens with one attached hydrogen (secondary N) is 2. The van der Waals surface area contributed by atoms with Gasteiger partial charge in [-0.3, -0.25) is 14.5 Å². The van der Waals surface area contributed by atoms with E-state index in [0.717, 1.165) is 24.3 Å². The van der Waals surface area contributed by atoms with Crippen LogP contribution >= 0.6 is 11.6 Å². The zero-order chi connectivity index (χ0) is 23.9. The number of nitrogens with zero attached hydrogens (tertiary/aromatic N) is 1. The zero-order valence-corrected chi connectivity index (χ0v) is 16.4. The zero-order valence-electron chi connectivity index (χ0n) is 15.6. The molecular weight excluding hydrogens is 468 g/mol. The summed E-state index contributed by atoms with van der Waals surface area (Å²) in [6, 6.07) is 6.66. The molecule has 0 aliphatic carbocycles. The van der Waals surface area contributed by atoms with Crippen molar-refractivity contribution in [3.63, 3.8) is 0 Å². The summed E-state index contributed by atoms with van der Waals surface area (Å²) in [5.41, 5.74) is -6.09. The molecule has 2 aromatic carbocycles. The van der Waals surface area contributed by atoms with Gasteiger partial charge in [-0.15, -0.1) is 0 Å². The van der Waals surface area contributed by atoms with Crippen LogP contribution in [0.1, 0.15) is 11.1 Å². The Kier molecular flexibility index (Phi) is 5.85. The van der Waals surface area contributed by atoms with Gasteiger partial charge in [0.15, 0.2) is 0 Å². The SMILES string of the molecule is O=C(CN1C(=O)NC(c2ccccc2)(C(F)(F)F)C1=O)Nc1ccc(Cl)cc1C(F)(F)F. The molecule has 0 aromatic heterocycles. The number of imide groups is 1. The van der Waals surface area contributed by atoms with Crippen LogP contribution < -0.4 is 10.6 Å². The minimum atomic E-state index is -5.27. The number of urea groups is 1. The van der Waals surface area contributed by atoms with Gasteiger partial charge >= 0.3 is 18.4 Å². The molecule has 4 amide bonds. The first-order valence-corrected chi connectivity index (χ1v) is 9.08. The Hall–Kier alpha value is -3.28. The predicted molar refractivity (Wildman–Crippen MR) is 99.5 cm³/mol. The second-order valence-corrected chi connectivity index (χ2v) is 7.11. The number of benzene rings is 2. The lowest BCUT2D eigenvalue weighted by atomic mass is 9.89. The van der Waals surface area contributed by atoms with Gasteiger partial charge in [-0.05, 0) is 23.8 Å². The standard InChI is InChI=1S/C19H12ClF6N3O3/c20-11-6-7-13(12(8-11)18(21,22)23)27-14(30)9-29-15(31)17(19(24,25)26,28-16(29)32)10-4-2-1-3-5-10/h1-8H,9H2,(H,27,30)(H,28,32). The van der Waals surface area contributed by atoms with E-state index in [1.807, 2.05) is 5.32 Å². The van der Waals surface area contributed by atoms with Gasteiger partial charge in [0.2, 0.25) is 11.4 Å². The van der Waals surface area contributed by atoms with Crippen molar-refractivity contribution in [3.05, 3.63) is 64.7 Å². The topological polar surface area (TPSA) is 78.5 Å². The van der Waals surface area contributed by atoms with E-state index in [1.54, 1.807) is 5.32 Å². The molecule has 13 heteroatoms. The minimum Gasteiger partial charge on any atom is -0.324 e. The van der Waals surface area contributed by atoms with Crippen molar-refractivity contribution in [1.29, 1.82) is 0 Å².